The SMILES string of the molecule is Cc1c(Cl)c(CN2CC[C@H](N)C2)nc2ccccc12.Cl.Cl. The molecule has 1 saturated heterocycles. The normalized spacial score (nSPS) is 18.3. The van der Waals surface area contributed by atoms with Gasteiger partial charge >= 0.3 is 0 Å². The van der Waals surface area contributed by atoms with Gasteiger partial charge in [-0.05, 0) is 25.0 Å². The van der Waals surface area contributed by atoms with E-state index in [0.717, 1.165) is 53.2 Å². The molecule has 0 radical (unpaired) electrons. The van der Waals surface area contributed by atoms with Crippen LogP contribution in [0.25, 0.3) is 10.9 Å². The molecular formula is C15H20Cl3N3. The number of para-hydroxylation sites is 1. The summed E-state index contributed by atoms with van der Waals surface area (Å²) in [4.78, 5) is 7.04. The molecule has 1 atom stereocenters. The van der Waals surface area contributed by atoms with Gasteiger partial charge in [0.1, 0.15) is 0 Å². The number of hydrogen-bond donors (Lipinski definition) is 1. The number of pyridine rings is 1. The fourth-order valence-electron chi connectivity index (χ4n) is 2.74. The molecule has 3 nitrogen and oxygen atoms in total. The smallest absolute Gasteiger partial charge is 0.0740 e. The average Bonchev–Trinajstić information content (AvgIpc) is 2.81. The molecule has 0 aliphatic carbocycles. The van der Waals surface area contributed by atoms with Crippen LogP contribution in [-0.4, -0.2) is 29.0 Å². The molecular weight excluding hydrogens is 329 g/mol. The summed E-state index contributed by atoms with van der Waals surface area (Å²) in [6.07, 6.45) is 1.06. The van der Waals surface area contributed by atoms with Crippen molar-refractivity contribution in [1.82, 2.24) is 9.88 Å². The number of hydrogen-bond acceptors (Lipinski definition) is 3. The van der Waals surface area contributed by atoms with E-state index in [1.165, 1.54) is 0 Å². The molecule has 2 N–H and O–H groups in total. The third-order valence-electron chi connectivity index (χ3n) is 3.83. The lowest BCUT2D eigenvalue weighted by molar-refractivity contribution is 0.323. The van der Waals surface area contributed by atoms with Crippen molar-refractivity contribution in [1.29, 1.82) is 0 Å². The molecule has 0 bridgehead atoms. The maximum Gasteiger partial charge on any atom is 0.0740 e. The van der Waals surface area contributed by atoms with Crippen LogP contribution in [0.3, 0.4) is 0 Å². The summed E-state index contributed by atoms with van der Waals surface area (Å²) in [5.74, 6) is 0. The van der Waals surface area contributed by atoms with Gasteiger partial charge in [-0.3, -0.25) is 4.90 Å². The van der Waals surface area contributed by atoms with Crippen LogP contribution < -0.4 is 5.73 Å². The first kappa shape index (κ1) is 18.5. The van der Waals surface area contributed by atoms with Gasteiger partial charge in [-0.25, -0.2) is 4.98 Å². The maximum absolute atomic E-state index is 6.47. The fraction of sp³-hybridized carbons (Fsp3) is 0.400. The monoisotopic (exact) mass is 347 g/mol. The van der Waals surface area contributed by atoms with Crippen molar-refractivity contribution in [3.05, 3.63) is 40.5 Å². The van der Waals surface area contributed by atoms with Gasteiger partial charge in [-0.1, -0.05) is 29.8 Å². The molecule has 3 rings (SSSR count). The second-order valence-electron chi connectivity index (χ2n) is 5.30. The number of likely N-dealkylation sites (tertiary alicyclic amines) is 1. The third kappa shape index (κ3) is 3.79. The lowest BCUT2D eigenvalue weighted by Crippen LogP contribution is -2.26. The van der Waals surface area contributed by atoms with Gasteiger partial charge in [-0.15, -0.1) is 24.8 Å². The van der Waals surface area contributed by atoms with Crippen molar-refractivity contribution in [2.75, 3.05) is 13.1 Å². The second kappa shape index (κ2) is 7.61. The predicted molar refractivity (Wildman–Crippen MR) is 93.9 cm³/mol. The predicted octanol–water partition coefficient (Wildman–Crippen LogP) is 3.57. The van der Waals surface area contributed by atoms with E-state index in [4.69, 9.17) is 22.3 Å². The first-order valence-corrected chi connectivity index (χ1v) is 7.04. The molecule has 116 valence electrons. The quantitative estimate of drug-likeness (QED) is 0.902. The van der Waals surface area contributed by atoms with E-state index in [2.05, 4.69) is 17.9 Å². The molecule has 0 spiro atoms. The molecule has 0 saturated carbocycles. The van der Waals surface area contributed by atoms with Crippen LogP contribution in [0.5, 0.6) is 0 Å². The number of aromatic nitrogens is 1. The van der Waals surface area contributed by atoms with Crippen molar-refractivity contribution in [3.63, 3.8) is 0 Å². The minimum absolute atomic E-state index is 0. The lowest BCUT2D eigenvalue weighted by Gasteiger charge is -2.17. The summed E-state index contributed by atoms with van der Waals surface area (Å²) >= 11 is 6.47. The lowest BCUT2D eigenvalue weighted by atomic mass is 10.1. The highest BCUT2D eigenvalue weighted by Gasteiger charge is 2.21. The van der Waals surface area contributed by atoms with E-state index in [9.17, 15) is 0 Å². The molecule has 2 heterocycles. The minimum Gasteiger partial charge on any atom is -0.326 e. The molecule has 1 aliphatic rings. The van der Waals surface area contributed by atoms with Crippen LogP contribution in [0, 0.1) is 6.92 Å². The van der Waals surface area contributed by atoms with E-state index in [-0.39, 0.29) is 24.8 Å². The summed E-state index contributed by atoms with van der Waals surface area (Å²) < 4.78 is 0. The van der Waals surface area contributed by atoms with Crippen molar-refractivity contribution < 1.29 is 0 Å². The number of halogens is 3. The highest BCUT2D eigenvalue weighted by Crippen LogP contribution is 2.28. The largest absolute Gasteiger partial charge is 0.326 e. The molecule has 0 amide bonds. The summed E-state index contributed by atoms with van der Waals surface area (Å²) in [5.41, 5.74) is 9.04. The van der Waals surface area contributed by atoms with Gasteiger partial charge in [-0.2, -0.15) is 0 Å². The number of rotatable bonds is 2. The summed E-state index contributed by atoms with van der Waals surface area (Å²) in [6, 6.07) is 8.43. The number of aryl methyl sites for hydroxylation is 1. The highest BCUT2D eigenvalue weighted by molar-refractivity contribution is 6.32. The zero-order chi connectivity index (χ0) is 13.4. The summed E-state index contributed by atoms with van der Waals surface area (Å²) in [7, 11) is 0. The van der Waals surface area contributed by atoms with E-state index in [1.807, 2.05) is 18.2 Å². The third-order valence-corrected chi connectivity index (χ3v) is 4.33. The van der Waals surface area contributed by atoms with Crippen LogP contribution >= 0.6 is 36.4 Å². The Kier molecular flexibility index (Phi) is 6.70. The first-order chi connectivity index (χ1) is 9.15. The van der Waals surface area contributed by atoms with Crippen molar-refractivity contribution in [2.24, 2.45) is 5.73 Å². The van der Waals surface area contributed by atoms with Crippen LogP contribution in [0.1, 0.15) is 17.7 Å². The Balaban J connectivity index is 0.00000110. The van der Waals surface area contributed by atoms with Gasteiger partial charge in [0.2, 0.25) is 0 Å². The van der Waals surface area contributed by atoms with Crippen LogP contribution in [0.15, 0.2) is 24.3 Å². The van der Waals surface area contributed by atoms with Crippen molar-refractivity contribution >= 4 is 47.3 Å². The zero-order valence-corrected chi connectivity index (χ0v) is 14.3. The summed E-state index contributed by atoms with van der Waals surface area (Å²) in [5, 5.41) is 1.92. The zero-order valence-electron chi connectivity index (χ0n) is 11.9. The van der Waals surface area contributed by atoms with Gasteiger partial charge < -0.3 is 5.73 Å². The molecule has 2 aromatic rings. The fourth-order valence-corrected chi connectivity index (χ4v) is 2.94. The van der Waals surface area contributed by atoms with E-state index in [1.54, 1.807) is 0 Å². The molecule has 1 aromatic carbocycles. The standard InChI is InChI=1S/C15H18ClN3.2ClH/c1-10-12-4-2-3-5-13(12)18-14(15(10)16)9-19-7-6-11(17)8-19;;/h2-5,11H,6-9,17H2,1H3;2*1H/t11-;;/m0../s1. The number of fused-ring (bicyclic) bond motifs is 1. The van der Waals surface area contributed by atoms with Crippen molar-refractivity contribution in [3.8, 4) is 0 Å². The number of nitrogens with zero attached hydrogens (tertiary/aromatic N) is 2. The van der Waals surface area contributed by atoms with E-state index >= 15 is 0 Å². The molecule has 1 aliphatic heterocycles. The maximum atomic E-state index is 6.47. The minimum atomic E-state index is 0. The number of benzene rings is 1. The molecule has 0 unspecified atom stereocenters. The van der Waals surface area contributed by atoms with Gasteiger partial charge in [0.05, 0.1) is 16.2 Å². The average molecular weight is 349 g/mol. The van der Waals surface area contributed by atoms with Gasteiger partial charge in [0.15, 0.2) is 0 Å². The van der Waals surface area contributed by atoms with Crippen LogP contribution in [0.4, 0.5) is 0 Å². The Morgan fingerprint density at radius 3 is 2.71 bits per heavy atom. The Morgan fingerprint density at radius 2 is 2.05 bits per heavy atom. The van der Waals surface area contributed by atoms with Gasteiger partial charge in [0, 0.05) is 31.1 Å². The highest BCUT2D eigenvalue weighted by atomic mass is 35.5. The molecule has 1 aromatic heterocycles. The Morgan fingerprint density at radius 1 is 1.33 bits per heavy atom. The first-order valence-electron chi connectivity index (χ1n) is 6.67. The number of nitrogens with two attached hydrogens (primary N) is 1. The van der Waals surface area contributed by atoms with E-state index < -0.39 is 0 Å². The molecule has 6 heteroatoms. The van der Waals surface area contributed by atoms with E-state index in [0.29, 0.717) is 6.04 Å². The van der Waals surface area contributed by atoms with Crippen molar-refractivity contribution in [2.45, 2.75) is 25.9 Å². The van der Waals surface area contributed by atoms with Crippen LogP contribution in [0.2, 0.25) is 5.02 Å². The Bertz CT molecular complexity index is 618. The van der Waals surface area contributed by atoms with Gasteiger partial charge in [0.25, 0.3) is 0 Å². The topological polar surface area (TPSA) is 42.1 Å². The second-order valence-corrected chi connectivity index (χ2v) is 5.68. The molecule has 1 fully saturated rings. The summed E-state index contributed by atoms with van der Waals surface area (Å²) in [6.45, 7) is 4.82. The van der Waals surface area contributed by atoms with Crippen LogP contribution in [-0.2, 0) is 6.54 Å². The Hall–Kier alpha value is -0.580. The molecule has 21 heavy (non-hydrogen) atoms. The Labute approximate surface area is 142 Å².